The van der Waals surface area contributed by atoms with Crippen molar-refractivity contribution in [3.8, 4) is 0 Å². The molecule has 1 spiro atoms. The maximum Gasteiger partial charge on any atom is 0.416 e. The van der Waals surface area contributed by atoms with Crippen LogP contribution in [-0.2, 0) is 15.8 Å². The zero-order valence-electron chi connectivity index (χ0n) is 14.4. The van der Waals surface area contributed by atoms with Crippen molar-refractivity contribution < 1.29 is 27.9 Å². The molecule has 0 bridgehead atoms. The Balaban J connectivity index is 1.71. The van der Waals surface area contributed by atoms with Crippen LogP contribution < -0.4 is 0 Å². The third kappa shape index (κ3) is 3.92. The van der Waals surface area contributed by atoms with E-state index in [9.17, 15) is 27.9 Å². The smallest absolute Gasteiger partial charge is 0.387 e. The fourth-order valence-corrected chi connectivity index (χ4v) is 4.09. The highest BCUT2D eigenvalue weighted by molar-refractivity contribution is 5.98. The highest BCUT2D eigenvalue weighted by Crippen LogP contribution is 2.45. The van der Waals surface area contributed by atoms with Gasteiger partial charge in [0, 0.05) is 12.8 Å². The lowest BCUT2D eigenvalue weighted by molar-refractivity contribution is -0.156. The van der Waals surface area contributed by atoms with Crippen LogP contribution in [-0.4, -0.2) is 28.4 Å². The third-order valence-electron chi connectivity index (χ3n) is 5.52. The lowest BCUT2D eigenvalue weighted by Gasteiger charge is -2.42. The lowest BCUT2D eigenvalue weighted by atomic mass is 9.67. The highest BCUT2D eigenvalue weighted by atomic mass is 19.4. The van der Waals surface area contributed by atoms with Crippen molar-refractivity contribution in [1.82, 2.24) is 4.90 Å². The van der Waals surface area contributed by atoms with Gasteiger partial charge in [-0.2, -0.15) is 13.2 Å². The molecule has 1 aromatic rings. The average molecular weight is 369 g/mol. The summed E-state index contributed by atoms with van der Waals surface area (Å²) >= 11 is 0. The molecule has 4 nitrogen and oxygen atoms in total. The van der Waals surface area contributed by atoms with E-state index in [4.69, 9.17) is 0 Å². The van der Waals surface area contributed by atoms with Gasteiger partial charge in [-0.1, -0.05) is 31.4 Å². The fraction of sp³-hybridized carbons (Fsp3) is 0.579. The van der Waals surface area contributed by atoms with Gasteiger partial charge in [0.25, 0.3) is 0 Å². The largest absolute Gasteiger partial charge is 0.416 e. The number of aliphatic hydroxyl groups is 1. The number of piperidine rings is 1. The van der Waals surface area contributed by atoms with Crippen molar-refractivity contribution in [3.05, 3.63) is 35.4 Å². The first-order valence-corrected chi connectivity index (χ1v) is 8.89. The number of nitrogens with zero attached hydrogens (tertiary/aromatic N) is 1. The second-order valence-corrected chi connectivity index (χ2v) is 7.45. The molecule has 2 aliphatic rings. The molecule has 0 radical (unpaired) electrons. The summed E-state index contributed by atoms with van der Waals surface area (Å²) in [4.78, 5) is 26.0. The van der Waals surface area contributed by atoms with Crippen molar-refractivity contribution in [2.75, 3.05) is 6.54 Å². The maximum absolute atomic E-state index is 12.8. The number of hydrogen-bond acceptors (Lipinski definition) is 3. The summed E-state index contributed by atoms with van der Waals surface area (Å²) in [7, 11) is 0. The summed E-state index contributed by atoms with van der Waals surface area (Å²) in [5.41, 5.74) is -1.09. The molecule has 1 aromatic carbocycles. The first-order chi connectivity index (χ1) is 12.2. The number of carbonyl (C=O) groups is 2. The van der Waals surface area contributed by atoms with Gasteiger partial charge in [0.2, 0.25) is 11.8 Å². The van der Waals surface area contributed by atoms with E-state index in [1.807, 2.05) is 0 Å². The molecular formula is C19H22F3NO3. The van der Waals surface area contributed by atoms with Crippen LogP contribution in [0.25, 0.3) is 0 Å². The standard InChI is InChI=1S/C19H22F3NO3/c20-19(21,22)14-6-4-5-13(9-14)15(24)12-23-16(25)10-18(11-17(23)26)7-2-1-3-8-18/h4-6,9,15,24H,1-3,7-8,10-12H2/t15-/m0/s1. The van der Waals surface area contributed by atoms with Crippen molar-refractivity contribution in [3.63, 3.8) is 0 Å². The Bertz CT molecular complexity index is 676. The van der Waals surface area contributed by atoms with E-state index in [-0.39, 0.29) is 42.2 Å². The number of aliphatic hydroxyl groups excluding tert-OH is 1. The van der Waals surface area contributed by atoms with Crippen LogP contribution in [0.5, 0.6) is 0 Å². The molecule has 26 heavy (non-hydrogen) atoms. The van der Waals surface area contributed by atoms with Crippen LogP contribution in [0, 0.1) is 5.41 Å². The number of β-amino-alcohol motifs (C(OH)–C–C–N with tert-alkyl or cyclic N) is 1. The number of rotatable bonds is 3. The van der Waals surface area contributed by atoms with Gasteiger partial charge in [-0.25, -0.2) is 0 Å². The minimum Gasteiger partial charge on any atom is -0.387 e. The Morgan fingerprint density at radius 2 is 1.69 bits per heavy atom. The Hall–Kier alpha value is -1.89. The lowest BCUT2D eigenvalue weighted by Crippen LogP contribution is -2.49. The predicted molar refractivity (Wildman–Crippen MR) is 87.9 cm³/mol. The molecule has 2 amide bonds. The molecule has 142 valence electrons. The molecule has 1 aliphatic heterocycles. The zero-order chi connectivity index (χ0) is 18.9. The van der Waals surface area contributed by atoms with Gasteiger partial charge in [-0.05, 0) is 36.0 Å². The van der Waals surface area contributed by atoms with E-state index >= 15 is 0 Å². The van der Waals surface area contributed by atoms with Crippen LogP contribution in [0.1, 0.15) is 62.2 Å². The fourth-order valence-electron chi connectivity index (χ4n) is 4.09. The molecule has 1 saturated carbocycles. The SMILES string of the molecule is O=C1CC2(CCCCC2)CC(=O)N1C[C@H](O)c1cccc(C(F)(F)F)c1. The van der Waals surface area contributed by atoms with E-state index < -0.39 is 17.8 Å². The number of alkyl halides is 3. The molecule has 1 heterocycles. The van der Waals surface area contributed by atoms with Crippen molar-refractivity contribution in [2.24, 2.45) is 5.41 Å². The summed E-state index contributed by atoms with van der Waals surface area (Å²) < 4.78 is 38.4. The normalized spacial score (nSPS) is 21.9. The molecule has 1 saturated heterocycles. The maximum atomic E-state index is 12.8. The first-order valence-electron chi connectivity index (χ1n) is 8.89. The number of amides is 2. The topological polar surface area (TPSA) is 57.6 Å². The van der Waals surface area contributed by atoms with Gasteiger partial charge in [0.05, 0.1) is 18.2 Å². The minimum atomic E-state index is -4.51. The summed E-state index contributed by atoms with van der Waals surface area (Å²) in [5.74, 6) is -0.677. The zero-order valence-corrected chi connectivity index (χ0v) is 14.4. The Morgan fingerprint density at radius 1 is 1.08 bits per heavy atom. The number of benzene rings is 1. The Morgan fingerprint density at radius 3 is 2.27 bits per heavy atom. The number of hydrogen-bond donors (Lipinski definition) is 1. The van der Waals surface area contributed by atoms with E-state index in [1.165, 1.54) is 12.1 Å². The van der Waals surface area contributed by atoms with Crippen LogP contribution in [0.4, 0.5) is 13.2 Å². The summed E-state index contributed by atoms with van der Waals surface area (Å²) in [6.07, 6.45) is -0.473. The molecule has 7 heteroatoms. The van der Waals surface area contributed by atoms with E-state index in [2.05, 4.69) is 0 Å². The van der Waals surface area contributed by atoms with Crippen molar-refractivity contribution in [2.45, 2.75) is 57.2 Å². The summed E-state index contributed by atoms with van der Waals surface area (Å²) in [6.45, 7) is -0.310. The second kappa shape index (κ2) is 7.02. The summed E-state index contributed by atoms with van der Waals surface area (Å²) in [5, 5.41) is 10.3. The van der Waals surface area contributed by atoms with Crippen molar-refractivity contribution >= 4 is 11.8 Å². The number of likely N-dealkylation sites (tertiary alicyclic amines) is 1. The first kappa shape index (κ1) is 18.9. The van der Waals surface area contributed by atoms with Gasteiger partial charge in [0.1, 0.15) is 0 Å². The molecule has 2 fully saturated rings. The predicted octanol–water partition coefficient (Wildman–Crippen LogP) is 3.84. The molecule has 1 aliphatic carbocycles. The molecule has 0 aromatic heterocycles. The van der Waals surface area contributed by atoms with Gasteiger partial charge < -0.3 is 5.11 Å². The highest BCUT2D eigenvalue weighted by Gasteiger charge is 2.44. The molecule has 0 unspecified atom stereocenters. The number of imide groups is 1. The van der Waals surface area contributed by atoms with E-state index in [0.29, 0.717) is 0 Å². The van der Waals surface area contributed by atoms with E-state index in [0.717, 1.165) is 49.1 Å². The second-order valence-electron chi connectivity index (χ2n) is 7.45. The van der Waals surface area contributed by atoms with Gasteiger partial charge >= 0.3 is 6.18 Å². The molecule has 1 N–H and O–H groups in total. The van der Waals surface area contributed by atoms with E-state index in [1.54, 1.807) is 0 Å². The van der Waals surface area contributed by atoms with Crippen molar-refractivity contribution in [1.29, 1.82) is 0 Å². The van der Waals surface area contributed by atoms with Gasteiger partial charge in [0.15, 0.2) is 0 Å². The Kier molecular flexibility index (Phi) is 5.10. The number of halogens is 3. The monoisotopic (exact) mass is 369 g/mol. The third-order valence-corrected chi connectivity index (χ3v) is 5.52. The van der Waals surface area contributed by atoms with Crippen LogP contribution in [0.2, 0.25) is 0 Å². The van der Waals surface area contributed by atoms with Crippen LogP contribution in [0.3, 0.4) is 0 Å². The summed E-state index contributed by atoms with van der Waals surface area (Å²) in [6, 6.07) is 4.34. The minimum absolute atomic E-state index is 0.0402. The Labute approximate surface area is 150 Å². The average Bonchev–Trinajstić information content (AvgIpc) is 2.58. The molecule has 3 rings (SSSR count). The van der Waals surface area contributed by atoms with Crippen LogP contribution >= 0.6 is 0 Å². The molecular weight excluding hydrogens is 347 g/mol. The number of carbonyl (C=O) groups excluding carboxylic acids is 2. The van der Waals surface area contributed by atoms with Gasteiger partial charge in [-0.3, -0.25) is 14.5 Å². The van der Waals surface area contributed by atoms with Crippen LogP contribution in [0.15, 0.2) is 24.3 Å². The molecule has 1 atom stereocenters. The quantitative estimate of drug-likeness (QED) is 0.824. The van der Waals surface area contributed by atoms with Gasteiger partial charge in [-0.15, -0.1) is 0 Å².